The molecule has 1 saturated carbocycles. The van der Waals surface area contributed by atoms with Crippen molar-refractivity contribution < 1.29 is 14.0 Å². The fourth-order valence-electron chi connectivity index (χ4n) is 2.12. The molecule has 0 atom stereocenters. The van der Waals surface area contributed by atoms with Gasteiger partial charge in [0.05, 0.1) is 16.9 Å². The molecule has 1 aliphatic rings. The summed E-state index contributed by atoms with van der Waals surface area (Å²) in [4.78, 5) is 24.2. The molecule has 0 radical (unpaired) electrons. The predicted molar refractivity (Wildman–Crippen MR) is 86.0 cm³/mol. The van der Waals surface area contributed by atoms with Crippen LogP contribution in [0.4, 0.5) is 20.6 Å². The highest BCUT2D eigenvalue weighted by Gasteiger charge is 2.25. The molecule has 3 N–H and O–H groups in total. The van der Waals surface area contributed by atoms with Gasteiger partial charge in [0.15, 0.2) is 0 Å². The van der Waals surface area contributed by atoms with Crippen LogP contribution in [0.1, 0.15) is 23.2 Å². The number of urea groups is 1. The molecule has 118 valence electrons. The Morgan fingerprint density at radius 2 is 1.52 bits per heavy atom. The molecule has 1 fully saturated rings. The SMILES string of the molecule is O=C(Nc1ccccc1F)Nc1ccccc1C(=O)NC1CC1. The van der Waals surface area contributed by atoms with Crippen molar-refractivity contribution in [2.75, 3.05) is 10.6 Å². The second-order valence-electron chi connectivity index (χ2n) is 5.35. The fourth-order valence-corrected chi connectivity index (χ4v) is 2.12. The van der Waals surface area contributed by atoms with Crippen molar-refractivity contribution in [3.63, 3.8) is 0 Å². The molecule has 1 aliphatic carbocycles. The summed E-state index contributed by atoms with van der Waals surface area (Å²) in [7, 11) is 0. The van der Waals surface area contributed by atoms with Crippen LogP contribution in [0.25, 0.3) is 0 Å². The van der Waals surface area contributed by atoms with Gasteiger partial charge >= 0.3 is 6.03 Å². The van der Waals surface area contributed by atoms with Crippen LogP contribution < -0.4 is 16.0 Å². The van der Waals surface area contributed by atoms with Gasteiger partial charge in [0.2, 0.25) is 0 Å². The third kappa shape index (κ3) is 3.85. The Hall–Kier alpha value is -2.89. The number of hydrogen-bond donors (Lipinski definition) is 3. The Morgan fingerprint density at radius 1 is 0.913 bits per heavy atom. The van der Waals surface area contributed by atoms with Crippen LogP contribution in [0.3, 0.4) is 0 Å². The van der Waals surface area contributed by atoms with Gasteiger partial charge in [-0.3, -0.25) is 4.79 Å². The largest absolute Gasteiger partial charge is 0.349 e. The van der Waals surface area contributed by atoms with E-state index in [1.807, 2.05) is 0 Å². The predicted octanol–water partition coefficient (Wildman–Crippen LogP) is 3.36. The van der Waals surface area contributed by atoms with Gasteiger partial charge in [-0.15, -0.1) is 0 Å². The van der Waals surface area contributed by atoms with Crippen molar-refractivity contribution >= 4 is 23.3 Å². The second kappa shape index (κ2) is 6.48. The number of anilines is 2. The molecule has 0 saturated heterocycles. The molecular weight excluding hydrogens is 297 g/mol. The second-order valence-corrected chi connectivity index (χ2v) is 5.35. The Balaban J connectivity index is 1.70. The first-order valence-corrected chi connectivity index (χ1v) is 7.36. The van der Waals surface area contributed by atoms with Crippen molar-refractivity contribution in [1.29, 1.82) is 0 Å². The van der Waals surface area contributed by atoms with Gasteiger partial charge in [0, 0.05) is 6.04 Å². The smallest absolute Gasteiger partial charge is 0.323 e. The van der Waals surface area contributed by atoms with E-state index in [9.17, 15) is 14.0 Å². The van der Waals surface area contributed by atoms with Crippen LogP contribution in [-0.2, 0) is 0 Å². The maximum Gasteiger partial charge on any atom is 0.323 e. The lowest BCUT2D eigenvalue weighted by atomic mass is 10.1. The zero-order valence-electron chi connectivity index (χ0n) is 12.3. The monoisotopic (exact) mass is 313 g/mol. The van der Waals surface area contributed by atoms with Gasteiger partial charge < -0.3 is 16.0 Å². The average molecular weight is 313 g/mol. The molecule has 0 unspecified atom stereocenters. The summed E-state index contributed by atoms with van der Waals surface area (Å²) in [5.41, 5.74) is 0.826. The number of para-hydroxylation sites is 2. The van der Waals surface area contributed by atoms with Crippen LogP contribution in [0.5, 0.6) is 0 Å². The average Bonchev–Trinajstić information content (AvgIpc) is 3.34. The van der Waals surface area contributed by atoms with Crippen LogP contribution in [0, 0.1) is 5.82 Å². The normalized spacial score (nSPS) is 13.3. The maximum absolute atomic E-state index is 13.5. The van der Waals surface area contributed by atoms with E-state index < -0.39 is 11.8 Å². The highest BCUT2D eigenvalue weighted by atomic mass is 19.1. The number of benzene rings is 2. The standard InChI is InChI=1S/C17H16FN3O2/c18-13-6-2-4-8-15(13)21-17(23)20-14-7-3-1-5-12(14)16(22)19-11-9-10-11/h1-8,11H,9-10H2,(H,19,22)(H2,20,21,23). The first-order valence-electron chi connectivity index (χ1n) is 7.36. The fraction of sp³-hybridized carbons (Fsp3) is 0.176. The lowest BCUT2D eigenvalue weighted by Gasteiger charge is -2.12. The number of carbonyl (C=O) groups is 2. The molecular formula is C17H16FN3O2. The van der Waals surface area contributed by atoms with Crippen LogP contribution >= 0.6 is 0 Å². The zero-order chi connectivity index (χ0) is 16.2. The molecule has 0 spiro atoms. The Morgan fingerprint density at radius 3 is 2.22 bits per heavy atom. The number of hydrogen-bond acceptors (Lipinski definition) is 2. The molecule has 0 aliphatic heterocycles. The van der Waals surface area contributed by atoms with Gasteiger partial charge in [-0.05, 0) is 37.1 Å². The van der Waals surface area contributed by atoms with E-state index in [4.69, 9.17) is 0 Å². The van der Waals surface area contributed by atoms with E-state index in [2.05, 4.69) is 16.0 Å². The molecule has 2 aromatic carbocycles. The molecule has 0 aromatic heterocycles. The zero-order valence-corrected chi connectivity index (χ0v) is 12.3. The van der Waals surface area contributed by atoms with Gasteiger partial charge in [0.25, 0.3) is 5.91 Å². The van der Waals surface area contributed by atoms with Gasteiger partial charge in [-0.1, -0.05) is 24.3 Å². The Kier molecular flexibility index (Phi) is 4.23. The van der Waals surface area contributed by atoms with Crippen LogP contribution in [0.2, 0.25) is 0 Å². The Labute approximate surface area is 132 Å². The summed E-state index contributed by atoms with van der Waals surface area (Å²) < 4.78 is 13.5. The highest BCUT2D eigenvalue weighted by Crippen LogP contribution is 2.22. The first kappa shape index (κ1) is 15.0. The van der Waals surface area contributed by atoms with Crippen molar-refractivity contribution in [2.45, 2.75) is 18.9 Å². The van der Waals surface area contributed by atoms with E-state index in [1.165, 1.54) is 18.2 Å². The van der Waals surface area contributed by atoms with E-state index in [-0.39, 0.29) is 17.6 Å². The molecule has 0 heterocycles. The number of nitrogens with one attached hydrogen (secondary N) is 3. The molecule has 6 heteroatoms. The van der Waals surface area contributed by atoms with E-state index in [0.717, 1.165) is 12.8 Å². The summed E-state index contributed by atoms with van der Waals surface area (Å²) in [6.07, 6.45) is 1.96. The molecule has 2 aromatic rings. The van der Waals surface area contributed by atoms with Crippen molar-refractivity contribution in [2.24, 2.45) is 0 Å². The summed E-state index contributed by atoms with van der Waals surface area (Å²) in [6, 6.07) is 12.2. The third-order valence-corrected chi connectivity index (χ3v) is 3.45. The lowest BCUT2D eigenvalue weighted by molar-refractivity contribution is 0.0952. The minimum atomic E-state index is -0.609. The van der Waals surface area contributed by atoms with Crippen molar-refractivity contribution in [1.82, 2.24) is 5.32 Å². The molecule has 0 bridgehead atoms. The number of amides is 3. The summed E-state index contributed by atoms with van der Waals surface area (Å²) in [6.45, 7) is 0. The van der Waals surface area contributed by atoms with E-state index in [1.54, 1.807) is 30.3 Å². The lowest BCUT2D eigenvalue weighted by Crippen LogP contribution is -2.28. The number of rotatable bonds is 4. The molecule has 23 heavy (non-hydrogen) atoms. The molecule has 3 rings (SSSR count). The number of halogens is 1. The molecule has 5 nitrogen and oxygen atoms in total. The van der Waals surface area contributed by atoms with E-state index >= 15 is 0 Å². The first-order chi connectivity index (χ1) is 11.1. The number of carbonyl (C=O) groups excluding carboxylic acids is 2. The van der Waals surface area contributed by atoms with Crippen LogP contribution in [-0.4, -0.2) is 18.0 Å². The summed E-state index contributed by atoms with van der Waals surface area (Å²) >= 11 is 0. The van der Waals surface area contributed by atoms with Gasteiger partial charge in [0.1, 0.15) is 5.82 Å². The minimum Gasteiger partial charge on any atom is -0.349 e. The Bertz CT molecular complexity index is 744. The molecule has 3 amide bonds. The minimum absolute atomic E-state index is 0.0740. The summed E-state index contributed by atoms with van der Waals surface area (Å²) in [5.74, 6) is -0.753. The highest BCUT2D eigenvalue weighted by molar-refractivity contribution is 6.06. The van der Waals surface area contributed by atoms with Gasteiger partial charge in [-0.2, -0.15) is 0 Å². The maximum atomic E-state index is 13.5. The third-order valence-electron chi connectivity index (χ3n) is 3.45. The van der Waals surface area contributed by atoms with Crippen LogP contribution in [0.15, 0.2) is 48.5 Å². The summed E-state index contributed by atoms with van der Waals surface area (Å²) in [5, 5.41) is 7.88. The quantitative estimate of drug-likeness (QED) is 0.810. The topological polar surface area (TPSA) is 70.2 Å². The van der Waals surface area contributed by atoms with Crippen molar-refractivity contribution in [3.05, 3.63) is 59.9 Å². The van der Waals surface area contributed by atoms with Crippen molar-refractivity contribution in [3.8, 4) is 0 Å². The van der Waals surface area contributed by atoms with Gasteiger partial charge in [-0.25, -0.2) is 9.18 Å². The van der Waals surface area contributed by atoms with E-state index in [0.29, 0.717) is 11.3 Å².